The van der Waals surface area contributed by atoms with Gasteiger partial charge in [0, 0.05) is 0 Å². The lowest BCUT2D eigenvalue weighted by molar-refractivity contribution is -0.385. The first-order chi connectivity index (χ1) is 9.39. The Morgan fingerprint density at radius 1 is 1.45 bits per heavy atom. The second-order valence-corrected chi connectivity index (χ2v) is 5.04. The maximum atomic E-state index is 11.0. The van der Waals surface area contributed by atoms with Gasteiger partial charge in [-0.2, -0.15) is 5.26 Å². The molecule has 1 aromatic rings. The van der Waals surface area contributed by atoms with Gasteiger partial charge in [-0.25, -0.2) is 0 Å². The van der Waals surface area contributed by atoms with Crippen molar-refractivity contribution in [2.75, 3.05) is 13.7 Å². The van der Waals surface area contributed by atoms with Crippen LogP contribution in [0, 0.1) is 26.9 Å². The lowest BCUT2D eigenvalue weighted by Crippen LogP contribution is -2.10. The zero-order valence-electron chi connectivity index (χ0n) is 11.9. The molecule has 0 aliphatic carbocycles. The Kier molecular flexibility index (Phi) is 5.32. The Bertz CT molecular complexity index is 520. The molecule has 0 bridgehead atoms. The second-order valence-electron chi connectivity index (χ2n) is 5.04. The molecule has 0 radical (unpaired) electrons. The summed E-state index contributed by atoms with van der Waals surface area (Å²) < 4.78 is 10.4. The summed E-state index contributed by atoms with van der Waals surface area (Å²) in [6.07, 6.45) is 1.33. The average Bonchev–Trinajstić information content (AvgIpc) is 2.43. The minimum atomic E-state index is -0.503. The molecule has 108 valence electrons. The zero-order valence-corrected chi connectivity index (χ0v) is 11.9. The zero-order chi connectivity index (χ0) is 15.2. The highest BCUT2D eigenvalue weighted by atomic mass is 16.6. The Morgan fingerprint density at radius 3 is 2.70 bits per heavy atom. The van der Waals surface area contributed by atoms with Gasteiger partial charge in [0.2, 0.25) is 0 Å². The molecule has 6 nitrogen and oxygen atoms in total. The Balaban J connectivity index is 2.65. The molecule has 0 atom stereocenters. The predicted molar refractivity (Wildman–Crippen MR) is 73.8 cm³/mol. The van der Waals surface area contributed by atoms with Crippen LogP contribution < -0.4 is 9.47 Å². The van der Waals surface area contributed by atoms with Crippen molar-refractivity contribution in [2.45, 2.75) is 26.7 Å². The van der Waals surface area contributed by atoms with E-state index in [1.54, 1.807) is 6.07 Å². The van der Waals surface area contributed by atoms with Gasteiger partial charge in [-0.1, -0.05) is 0 Å². The first kappa shape index (κ1) is 15.8. The van der Waals surface area contributed by atoms with E-state index in [1.807, 2.05) is 13.8 Å². The van der Waals surface area contributed by atoms with Crippen molar-refractivity contribution >= 4 is 5.69 Å². The summed E-state index contributed by atoms with van der Waals surface area (Å²) in [4.78, 5) is 10.5. The van der Waals surface area contributed by atoms with Gasteiger partial charge in [-0.15, -0.1) is 0 Å². The maximum absolute atomic E-state index is 11.0. The van der Waals surface area contributed by atoms with Crippen LogP contribution in [-0.4, -0.2) is 18.6 Å². The van der Waals surface area contributed by atoms with Crippen LogP contribution >= 0.6 is 0 Å². The number of nitriles is 1. The summed E-state index contributed by atoms with van der Waals surface area (Å²) in [5, 5.41) is 19.8. The molecule has 0 spiro atoms. The van der Waals surface area contributed by atoms with Crippen molar-refractivity contribution in [3.05, 3.63) is 28.3 Å². The van der Waals surface area contributed by atoms with Gasteiger partial charge in [0.1, 0.15) is 5.75 Å². The van der Waals surface area contributed by atoms with E-state index in [1.165, 1.54) is 19.2 Å². The molecule has 6 heteroatoms. The third-order valence-electron chi connectivity index (χ3n) is 2.87. The number of nitrogens with zero attached hydrogens (tertiary/aromatic N) is 2. The van der Waals surface area contributed by atoms with Crippen LogP contribution in [0.4, 0.5) is 5.69 Å². The summed E-state index contributed by atoms with van der Waals surface area (Å²) in [6, 6.07) is 6.67. The van der Waals surface area contributed by atoms with Crippen molar-refractivity contribution in [2.24, 2.45) is 5.41 Å². The molecule has 20 heavy (non-hydrogen) atoms. The number of rotatable bonds is 7. The van der Waals surface area contributed by atoms with Gasteiger partial charge in [-0.05, 0) is 38.8 Å². The Hall–Kier alpha value is -2.29. The molecule has 0 unspecified atom stereocenters. The second kappa shape index (κ2) is 6.75. The van der Waals surface area contributed by atoms with Crippen molar-refractivity contribution < 1.29 is 14.4 Å². The highest BCUT2D eigenvalue weighted by Crippen LogP contribution is 2.31. The largest absolute Gasteiger partial charge is 0.496 e. The molecule has 0 aromatic heterocycles. The smallest absolute Gasteiger partial charge is 0.314 e. The van der Waals surface area contributed by atoms with Crippen LogP contribution in [0.5, 0.6) is 11.5 Å². The van der Waals surface area contributed by atoms with Crippen LogP contribution in [-0.2, 0) is 0 Å². The molecule has 1 rings (SSSR count). The van der Waals surface area contributed by atoms with E-state index >= 15 is 0 Å². The predicted octanol–water partition coefficient (Wildman–Crippen LogP) is 3.31. The van der Waals surface area contributed by atoms with Crippen LogP contribution in [0.15, 0.2) is 18.2 Å². The SMILES string of the molecule is COc1ccc(OCCCC(C)(C)C#N)c([N+](=O)[O-])c1. The highest BCUT2D eigenvalue weighted by molar-refractivity contribution is 5.50. The van der Waals surface area contributed by atoms with Crippen molar-refractivity contribution in [1.82, 2.24) is 0 Å². The lowest BCUT2D eigenvalue weighted by Gasteiger charge is -2.14. The number of ether oxygens (including phenoxy) is 2. The molecule has 0 fully saturated rings. The van der Waals surface area contributed by atoms with Crippen molar-refractivity contribution in [3.8, 4) is 17.6 Å². The third-order valence-corrected chi connectivity index (χ3v) is 2.87. The molecule has 0 saturated carbocycles. The number of nitro groups is 1. The van der Waals surface area contributed by atoms with Crippen LogP contribution in [0.3, 0.4) is 0 Å². The summed E-state index contributed by atoms with van der Waals surface area (Å²) in [5.74, 6) is 0.625. The molecule has 1 aromatic carbocycles. The van der Waals surface area contributed by atoms with Gasteiger partial charge in [-0.3, -0.25) is 10.1 Å². The fourth-order valence-corrected chi connectivity index (χ4v) is 1.64. The van der Waals surface area contributed by atoms with E-state index in [2.05, 4.69) is 6.07 Å². The maximum Gasteiger partial charge on any atom is 0.314 e. The van der Waals surface area contributed by atoms with E-state index in [-0.39, 0.29) is 11.4 Å². The minimum Gasteiger partial charge on any atom is -0.496 e. The normalized spacial score (nSPS) is 10.7. The van der Waals surface area contributed by atoms with Crippen LogP contribution in [0.2, 0.25) is 0 Å². The molecular formula is C14H18N2O4. The number of methoxy groups -OCH3 is 1. The van der Waals surface area contributed by atoms with Gasteiger partial charge in [0.15, 0.2) is 5.75 Å². The molecule has 0 aliphatic heterocycles. The van der Waals surface area contributed by atoms with E-state index in [0.29, 0.717) is 25.2 Å². The number of hydrogen-bond acceptors (Lipinski definition) is 5. The first-order valence-corrected chi connectivity index (χ1v) is 6.26. The van der Waals surface area contributed by atoms with Crippen LogP contribution in [0.25, 0.3) is 0 Å². The van der Waals surface area contributed by atoms with E-state index in [0.717, 1.165) is 0 Å². The lowest BCUT2D eigenvalue weighted by atomic mass is 9.90. The van der Waals surface area contributed by atoms with Gasteiger partial charge in [0.05, 0.1) is 36.2 Å². The molecule has 0 amide bonds. The number of nitro benzene ring substituents is 1. The van der Waals surface area contributed by atoms with E-state index < -0.39 is 10.3 Å². The van der Waals surface area contributed by atoms with Gasteiger partial charge in [0.25, 0.3) is 0 Å². The first-order valence-electron chi connectivity index (χ1n) is 6.26. The fraction of sp³-hybridized carbons (Fsp3) is 0.500. The molecule has 0 saturated heterocycles. The summed E-state index contributed by atoms with van der Waals surface area (Å²) in [6.45, 7) is 4.03. The topological polar surface area (TPSA) is 85.4 Å². The summed E-state index contributed by atoms with van der Waals surface area (Å²) in [5.41, 5.74) is -0.529. The van der Waals surface area contributed by atoms with Gasteiger partial charge >= 0.3 is 5.69 Å². The monoisotopic (exact) mass is 278 g/mol. The van der Waals surface area contributed by atoms with Gasteiger partial charge < -0.3 is 9.47 Å². The van der Waals surface area contributed by atoms with E-state index in [4.69, 9.17) is 14.7 Å². The quantitative estimate of drug-likeness (QED) is 0.434. The third kappa shape index (κ3) is 4.43. The van der Waals surface area contributed by atoms with Crippen molar-refractivity contribution in [3.63, 3.8) is 0 Å². The molecule has 0 N–H and O–H groups in total. The van der Waals surface area contributed by atoms with Crippen molar-refractivity contribution in [1.29, 1.82) is 5.26 Å². The molecular weight excluding hydrogens is 260 g/mol. The van der Waals surface area contributed by atoms with E-state index in [9.17, 15) is 10.1 Å². The fourth-order valence-electron chi connectivity index (χ4n) is 1.64. The summed E-state index contributed by atoms with van der Waals surface area (Å²) >= 11 is 0. The number of hydrogen-bond donors (Lipinski definition) is 0. The Labute approximate surface area is 118 Å². The standard InChI is InChI=1S/C14H18N2O4/c1-14(2,10-15)7-4-8-20-13-6-5-11(19-3)9-12(13)16(17)18/h5-6,9H,4,7-8H2,1-3H3. The number of benzene rings is 1. The highest BCUT2D eigenvalue weighted by Gasteiger charge is 2.18. The van der Waals surface area contributed by atoms with Crippen LogP contribution in [0.1, 0.15) is 26.7 Å². The Morgan fingerprint density at radius 2 is 2.15 bits per heavy atom. The molecule has 0 heterocycles. The summed E-state index contributed by atoms with van der Waals surface area (Å²) in [7, 11) is 1.45. The minimum absolute atomic E-state index is 0.121. The molecule has 0 aliphatic rings. The average molecular weight is 278 g/mol.